The minimum absolute atomic E-state index is 0.0206. The van der Waals surface area contributed by atoms with E-state index in [4.69, 9.17) is 4.74 Å². The summed E-state index contributed by atoms with van der Waals surface area (Å²) in [6, 6.07) is 2.73. The van der Waals surface area contributed by atoms with Crippen LogP contribution in [0.15, 0.2) is 11.4 Å². The lowest BCUT2D eigenvalue weighted by atomic mass is 9.82. The monoisotopic (exact) mass is 348 g/mol. The lowest BCUT2D eigenvalue weighted by Crippen LogP contribution is -2.54. The summed E-state index contributed by atoms with van der Waals surface area (Å²) < 4.78 is 6.28. The molecule has 0 saturated carbocycles. The highest BCUT2D eigenvalue weighted by Crippen LogP contribution is 2.38. The first-order chi connectivity index (χ1) is 11.7. The van der Waals surface area contributed by atoms with E-state index in [2.05, 4.69) is 4.90 Å². The number of thiophene rings is 1. The summed E-state index contributed by atoms with van der Waals surface area (Å²) in [7, 11) is 0. The zero-order chi connectivity index (χ0) is 16.6. The maximum atomic E-state index is 12.7. The number of hydrogen-bond acceptors (Lipinski definition) is 4. The van der Waals surface area contributed by atoms with Gasteiger partial charge in [-0.3, -0.25) is 4.79 Å². The Kier molecular flexibility index (Phi) is 4.67. The molecule has 0 aliphatic carbocycles. The molecule has 3 saturated heterocycles. The van der Waals surface area contributed by atoms with Gasteiger partial charge in [0.1, 0.15) is 0 Å². The largest absolute Gasteiger partial charge is 0.375 e. The average Bonchev–Trinajstić information content (AvgIpc) is 3.27. The number of piperidine rings is 1. The highest BCUT2D eigenvalue weighted by molar-refractivity contribution is 7.12. The van der Waals surface area contributed by atoms with E-state index in [1.54, 1.807) is 11.3 Å². The molecule has 0 radical (unpaired) electrons. The van der Waals surface area contributed by atoms with E-state index in [0.717, 1.165) is 49.4 Å². The van der Waals surface area contributed by atoms with E-state index in [1.807, 2.05) is 23.3 Å². The minimum Gasteiger partial charge on any atom is -0.375 e. The van der Waals surface area contributed by atoms with Crippen LogP contribution in [0.4, 0.5) is 0 Å². The zero-order valence-corrected chi connectivity index (χ0v) is 15.4. The predicted octanol–water partition coefficient (Wildman–Crippen LogP) is 3.31. The molecule has 1 aromatic rings. The summed E-state index contributed by atoms with van der Waals surface area (Å²) in [5.41, 5.74) is 1.13. The Morgan fingerprint density at radius 1 is 1.25 bits per heavy atom. The second-order valence-electron chi connectivity index (χ2n) is 7.65. The summed E-state index contributed by atoms with van der Waals surface area (Å²) in [5.74, 6) is 0.212. The standard InChI is InChI=1S/C19H28N2O2S/c1-15-5-13-24-17(15)18(22)21-10-6-19(7-11-21)14-16(4-12-23-19)20-8-2-3-9-20/h5,13,16H,2-4,6-12,14H2,1H3. The van der Waals surface area contributed by atoms with Gasteiger partial charge in [-0.25, -0.2) is 0 Å². The van der Waals surface area contributed by atoms with Crippen molar-refractivity contribution in [2.45, 2.75) is 57.1 Å². The number of aryl methyl sites for hydroxylation is 1. The van der Waals surface area contributed by atoms with Gasteiger partial charge >= 0.3 is 0 Å². The van der Waals surface area contributed by atoms with Crippen molar-refractivity contribution >= 4 is 17.2 Å². The fourth-order valence-electron chi connectivity index (χ4n) is 4.62. The molecular weight excluding hydrogens is 320 g/mol. The Bertz CT molecular complexity index is 586. The first-order valence-corrected chi connectivity index (χ1v) is 10.3. The molecule has 0 bridgehead atoms. The molecule has 5 heteroatoms. The van der Waals surface area contributed by atoms with Crippen LogP contribution in [0.25, 0.3) is 0 Å². The van der Waals surface area contributed by atoms with Gasteiger partial charge < -0.3 is 14.5 Å². The topological polar surface area (TPSA) is 32.8 Å². The summed E-state index contributed by atoms with van der Waals surface area (Å²) in [5, 5.41) is 2.01. The second kappa shape index (κ2) is 6.77. The first kappa shape index (κ1) is 16.6. The Morgan fingerprint density at radius 2 is 2.00 bits per heavy atom. The summed E-state index contributed by atoms with van der Waals surface area (Å²) in [6.07, 6.45) is 7.03. The number of amides is 1. The van der Waals surface area contributed by atoms with Crippen LogP contribution in [0, 0.1) is 6.92 Å². The van der Waals surface area contributed by atoms with Crippen LogP contribution in [0.1, 0.15) is 53.8 Å². The van der Waals surface area contributed by atoms with E-state index in [9.17, 15) is 4.79 Å². The number of hydrogen-bond donors (Lipinski definition) is 0. The molecule has 3 aliphatic heterocycles. The molecule has 0 N–H and O–H groups in total. The normalized spacial score (nSPS) is 27.7. The van der Waals surface area contributed by atoms with Gasteiger partial charge in [0.15, 0.2) is 0 Å². The fraction of sp³-hybridized carbons (Fsp3) is 0.737. The quantitative estimate of drug-likeness (QED) is 0.822. The molecule has 1 aromatic heterocycles. The van der Waals surface area contributed by atoms with Gasteiger partial charge in [0.25, 0.3) is 5.91 Å². The molecule has 3 fully saturated rings. The number of carbonyl (C=O) groups is 1. The predicted molar refractivity (Wildman–Crippen MR) is 96.7 cm³/mol. The van der Waals surface area contributed by atoms with E-state index in [-0.39, 0.29) is 11.5 Å². The summed E-state index contributed by atoms with van der Waals surface area (Å²) >= 11 is 1.57. The van der Waals surface area contributed by atoms with Gasteiger partial charge in [-0.1, -0.05) is 0 Å². The third-order valence-corrected chi connectivity index (χ3v) is 7.15. The number of likely N-dealkylation sites (tertiary alicyclic amines) is 2. The lowest BCUT2D eigenvalue weighted by Gasteiger charge is -2.48. The van der Waals surface area contributed by atoms with Crippen molar-refractivity contribution < 1.29 is 9.53 Å². The van der Waals surface area contributed by atoms with Crippen molar-refractivity contribution in [2.24, 2.45) is 0 Å². The van der Waals surface area contributed by atoms with Crippen molar-refractivity contribution in [3.8, 4) is 0 Å². The van der Waals surface area contributed by atoms with Crippen LogP contribution in [0.3, 0.4) is 0 Å². The number of rotatable bonds is 2. The third-order valence-electron chi connectivity index (χ3n) is 6.14. The van der Waals surface area contributed by atoms with Gasteiger partial charge in [-0.2, -0.15) is 0 Å². The van der Waals surface area contributed by atoms with Crippen LogP contribution in [0.5, 0.6) is 0 Å². The number of nitrogens with zero attached hydrogens (tertiary/aromatic N) is 2. The molecule has 1 unspecified atom stereocenters. The van der Waals surface area contributed by atoms with Crippen LogP contribution in [-0.2, 0) is 4.74 Å². The number of carbonyl (C=O) groups excluding carboxylic acids is 1. The Hall–Kier alpha value is -0.910. The van der Waals surface area contributed by atoms with Crippen LogP contribution in [-0.4, -0.2) is 60.1 Å². The van der Waals surface area contributed by atoms with Crippen LogP contribution in [0.2, 0.25) is 0 Å². The van der Waals surface area contributed by atoms with E-state index >= 15 is 0 Å². The van der Waals surface area contributed by atoms with Gasteiger partial charge in [-0.05, 0) is 75.5 Å². The second-order valence-corrected chi connectivity index (χ2v) is 8.56. The fourth-order valence-corrected chi connectivity index (χ4v) is 5.51. The van der Waals surface area contributed by atoms with E-state index in [0.29, 0.717) is 6.04 Å². The van der Waals surface area contributed by atoms with Crippen molar-refractivity contribution in [3.63, 3.8) is 0 Å². The molecule has 132 valence electrons. The molecular formula is C19H28N2O2S. The highest BCUT2D eigenvalue weighted by Gasteiger charge is 2.43. The maximum absolute atomic E-state index is 12.7. The highest BCUT2D eigenvalue weighted by atomic mass is 32.1. The Morgan fingerprint density at radius 3 is 2.67 bits per heavy atom. The Labute approximate surface area is 148 Å². The van der Waals surface area contributed by atoms with Gasteiger partial charge in [-0.15, -0.1) is 11.3 Å². The van der Waals surface area contributed by atoms with Crippen LogP contribution < -0.4 is 0 Å². The molecule has 1 atom stereocenters. The maximum Gasteiger partial charge on any atom is 0.264 e. The SMILES string of the molecule is Cc1ccsc1C(=O)N1CCC2(CC1)CC(N1CCCC1)CCO2. The third kappa shape index (κ3) is 3.14. The minimum atomic E-state index is 0.0206. The molecule has 0 aromatic carbocycles. The van der Waals surface area contributed by atoms with Gasteiger partial charge in [0.2, 0.25) is 0 Å². The molecule has 4 nitrogen and oxygen atoms in total. The summed E-state index contributed by atoms with van der Waals surface area (Å²) in [4.78, 5) is 18.3. The lowest BCUT2D eigenvalue weighted by molar-refractivity contribution is -0.128. The Balaban J connectivity index is 1.38. The van der Waals surface area contributed by atoms with Crippen molar-refractivity contribution in [2.75, 3.05) is 32.8 Å². The molecule has 4 rings (SSSR count). The van der Waals surface area contributed by atoms with Gasteiger partial charge in [0.05, 0.1) is 10.5 Å². The molecule has 1 amide bonds. The van der Waals surface area contributed by atoms with Crippen molar-refractivity contribution in [1.29, 1.82) is 0 Å². The summed E-state index contributed by atoms with van der Waals surface area (Å²) in [6.45, 7) is 7.12. The average molecular weight is 349 g/mol. The van der Waals surface area contributed by atoms with Crippen molar-refractivity contribution in [3.05, 3.63) is 21.9 Å². The van der Waals surface area contributed by atoms with E-state index < -0.39 is 0 Å². The first-order valence-electron chi connectivity index (χ1n) is 9.38. The number of ether oxygens (including phenoxy) is 1. The van der Waals surface area contributed by atoms with Gasteiger partial charge in [0, 0.05) is 25.7 Å². The van der Waals surface area contributed by atoms with Crippen molar-refractivity contribution in [1.82, 2.24) is 9.80 Å². The molecule has 1 spiro atoms. The van der Waals surface area contributed by atoms with E-state index in [1.165, 1.54) is 32.4 Å². The zero-order valence-electron chi connectivity index (χ0n) is 14.6. The molecule has 24 heavy (non-hydrogen) atoms. The van der Waals surface area contributed by atoms with Crippen LogP contribution >= 0.6 is 11.3 Å². The smallest absolute Gasteiger partial charge is 0.264 e. The molecule has 3 aliphatic rings. The molecule has 4 heterocycles.